The predicted octanol–water partition coefficient (Wildman–Crippen LogP) is 1.68. The molecule has 2 aromatic rings. The van der Waals surface area contributed by atoms with Crippen molar-refractivity contribution in [1.29, 1.82) is 0 Å². The fraction of sp³-hybridized carbons (Fsp3) is 0.111. The van der Waals surface area contributed by atoms with Crippen LogP contribution in [-0.2, 0) is 0 Å². The van der Waals surface area contributed by atoms with Gasteiger partial charge in [0.2, 0.25) is 0 Å². The van der Waals surface area contributed by atoms with Crippen molar-refractivity contribution in [2.45, 2.75) is 6.92 Å². The Balaban J connectivity index is 2.83. The van der Waals surface area contributed by atoms with Crippen LogP contribution >= 0.6 is 0 Å². The van der Waals surface area contributed by atoms with E-state index < -0.39 is 0 Å². The van der Waals surface area contributed by atoms with Crippen LogP contribution in [0.2, 0.25) is 0 Å². The molecule has 0 spiro atoms. The van der Waals surface area contributed by atoms with Crippen molar-refractivity contribution >= 4 is 11.3 Å². The second-order valence-electron chi connectivity index (χ2n) is 2.75. The van der Waals surface area contributed by atoms with Crippen LogP contribution < -0.4 is 0 Å². The number of Topliss-reactive ketones (excluding diaryl/α,β-unsaturated/α-hetero) is 1. The summed E-state index contributed by atoms with van der Waals surface area (Å²) in [6, 6.07) is 2.87. The van der Waals surface area contributed by atoms with Gasteiger partial charge in [-0.15, -0.1) is 0 Å². The number of hydrogen-bond acceptors (Lipinski definition) is 2. The van der Waals surface area contributed by atoms with Crippen molar-refractivity contribution in [3.05, 3.63) is 36.2 Å². The maximum Gasteiger partial charge on any atom is 0.195 e. The molecule has 0 unspecified atom stereocenters. The van der Waals surface area contributed by atoms with Crippen molar-refractivity contribution in [2.75, 3.05) is 0 Å². The van der Waals surface area contributed by atoms with E-state index in [-0.39, 0.29) is 17.4 Å². The van der Waals surface area contributed by atoms with E-state index in [1.807, 2.05) is 0 Å². The van der Waals surface area contributed by atoms with Gasteiger partial charge >= 0.3 is 0 Å². The second-order valence-corrected chi connectivity index (χ2v) is 2.75. The van der Waals surface area contributed by atoms with E-state index in [0.717, 1.165) is 0 Å². The standard InChI is InChI=1S/C9H7FN2O/c1-6(13)9-11-5-8-7(10)3-2-4-12(8)9/h2-5H,1H3. The zero-order chi connectivity index (χ0) is 9.42. The molecule has 0 fully saturated rings. The van der Waals surface area contributed by atoms with Crippen molar-refractivity contribution in [3.63, 3.8) is 0 Å². The first kappa shape index (κ1) is 7.91. The molecule has 2 aromatic heterocycles. The van der Waals surface area contributed by atoms with Crippen molar-refractivity contribution in [2.24, 2.45) is 0 Å². The van der Waals surface area contributed by atoms with Crippen LogP contribution in [0.1, 0.15) is 17.5 Å². The zero-order valence-corrected chi connectivity index (χ0v) is 6.99. The minimum absolute atomic E-state index is 0.175. The van der Waals surface area contributed by atoms with Gasteiger partial charge in [-0.1, -0.05) is 0 Å². The maximum absolute atomic E-state index is 13.1. The maximum atomic E-state index is 13.1. The quantitative estimate of drug-likeness (QED) is 0.622. The molecule has 3 nitrogen and oxygen atoms in total. The molecule has 0 atom stereocenters. The van der Waals surface area contributed by atoms with Crippen LogP contribution in [0.25, 0.3) is 5.52 Å². The number of aromatic nitrogens is 2. The fourth-order valence-corrected chi connectivity index (χ4v) is 1.25. The summed E-state index contributed by atoms with van der Waals surface area (Å²) < 4.78 is 14.5. The normalized spacial score (nSPS) is 10.6. The molecule has 0 aliphatic carbocycles. The molecule has 0 aliphatic heterocycles. The lowest BCUT2D eigenvalue weighted by Crippen LogP contribution is -2.00. The van der Waals surface area contributed by atoms with E-state index in [1.165, 1.54) is 29.7 Å². The Kier molecular flexibility index (Phi) is 1.62. The molecule has 13 heavy (non-hydrogen) atoms. The average Bonchev–Trinajstić information content (AvgIpc) is 2.48. The smallest absolute Gasteiger partial charge is 0.195 e. The molecular formula is C9H7FN2O. The SMILES string of the molecule is CC(=O)c1ncc2c(F)cccn12. The van der Waals surface area contributed by atoms with E-state index in [0.29, 0.717) is 5.52 Å². The number of nitrogens with zero attached hydrogens (tertiary/aromatic N) is 2. The van der Waals surface area contributed by atoms with Crippen LogP contribution in [-0.4, -0.2) is 15.2 Å². The first-order valence-corrected chi connectivity index (χ1v) is 3.82. The van der Waals surface area contributed by atoms with Gasteiger partial charge in [0.25, 0.3) is 0 Å². The first-order chi connectivity index (χ1) is 6.20. The fourth-order valence-electron chi connectivity index (χ4n) is 1.25. The van der Waals surface area contributed by atoms with Gasteiger partial charge in [0, 0.05) is 13.1 Å². The Hall–Kier alpha value is -1.71. The van der Waals surface area contributed by atoms with Crippen molar-refractivity contribution in [1.82, 2.24) is 9.38 Å². The van der Waals surface area contributed by atoms with Gasteiger partial charge in [0.05, 0.1) is 6.20 Å². The molecule has 0 bridgehead atoms. The summed E-state index contributed by atoms with van der Waals surface area (Å²) in [4.78, 5) is 14.9. The van der Waals surface area contributed by atoms with E-state index in [1.54, 1.807) is 6.20 Å². The molecule has 4 heteroatoms. The van der Waals surface area contributed by atoms with Crippen molar-refractivity contribution < 1.29 is 9.18 Å². The molecule has 2 heterocycles. The molecule has 0 saturated carbocycles. The highest BCUT2D eigenvalue weighted by Crippen LogP contribution is 2.10. The number of rotatable bonds is 1. The second kappa shape index (κ2) is 2.65. The molecule has 0 N–H and O–H groups in total. The summed E-state index contributed by atoms with van der Waals surface area (Å²) in [5, 5.41) is 0. The largest absolute Gasteiger partial charge is 0.295 e. The van der Waals surface area contributed by atoms with Gasteiger partial charge in [-0.3, -0.25) is 9.20 Å². The number of halogens is 1. The number of ketones is 1. The summed E-state index contributed by atoms with van der Waals surface area (Å²) in [6.45, 7) is 1.40. The van der Waals surface area contributed by atoms with E-state index in [4.69, 9.17) is 0 Å². The first-order valence-electron chi connectivity index (χ1n) is 3.82. The summed E-state index contributed by atoms with van der Waals surface area (Å²) in [7, 11) is 0. The zero-order valence-electron chi connectivity index (χ0n) is 6.99. The highest BCUT2D eigenvalue weighted by Gasteiger charge is 2.09. The molecule has 0 aliphatic rings. The summed E-state index contributed by atoms with van der Waals surface area (Å²) >= 11 is 0. The van der Waals surface area contributed by atoms with Crippen LogP contribution in [0.5, 0.6) is 0 Å². The molecule has 66 valence electrons. The summed E-state index contributed by atoms with van der Waals surface area (Å²) in [5.41, 5.74) is 0.327. The Morgan fingerprint density at radius 2 is 2.38 bits per heavy atom. The van der Waals surface area contributed by atoms with Crippen LogP contribution in [0.15, 0.2) is 24.5 Å². The third-order valence-corrected chi connectivity index (χ3v) is 1.83. The third kappa shape index (κ3) is 1.11. The minimum Gasteiger partial charge on any atom is -0.295 e. The number of carbonyl (C=O) groups excluding carboxylic acids is 1. The van der Waals surface area contributed by atoms with Crippen LogP contribution in [0.3, 0.4) is 0 Å². The number of hydrogen-bond donors (Lipinski definition) is 0. The van der Waals surface area contributed by atoms with Gasteiger partial charge in [0.15, 0.2) is 11.6 Å². The van der Waals surface area contributed by atoms with Crippen LogP contribution in [0, 0.1) is 5.82 Å². The number of carbonyl (C=O) groups is 1. The van der Waals surface area contributed by atoms with Gasteiger partial charge in [-0.2, -0.15) is 0 Å². The Bertz CT molecular complexity index is 475. The number of fused-ring (bicyclic) bond motifs is 1. The van der Waals surface area contributed by atoms with Gasteiger partial charge in [0.1, 0.15) is 11.3 Å². The summed E-state index contributed by atoms with van der Waals surface area (Å²) in [5.74, 6) is -0.289. The Labute approximate surface area is 73.8 Å². The molecule has 2 rings (SSSR count). The van der Waals surface area contributed by atoms with Gasteiger partial charge < -0.3 is 0 Å². The molecule has 0 amide bonds. The molecule has 0 radical (unpaired) electrons. The average molecular weight is 178 g/mol. The monoisotopic (exact) mass is 178 g/mol. The molecule has 0 aromatic carbocycles. The lowest BCUT2D eigenvalue weighted by atomic mass is 10.4. The predicted molar refractivity (Wildman–Crippen MR) is 45.2 cm³/mol. The van der Waals surface area contributed by atoms with E-state index in [2.05, 4.69) is 4.98 Å². The van der Waals surface area contributed by atoms with E-state index >= 15 is 0 Å². The topological polar surface area (TPSA) is 34.4 Å². The van der Waals surface area contributed by atoms with Crippen LogP contribution in [0.4, 0.5) is 4.39 Å². The summed E-state index contributed by atoms with van der Waals surface area (Å²) in [6.07, 6.45) is 2.97. The van der Waals surface area contributed by atoms with Crippen molar-refractivity contribution in [3.8, 4) is 0 Å². The highest BCUT2D eigenvalue weighted by molar-refractivity contribution is 5.91. The Morgan fingerprint density at radius 1 is 1.62 bits per heavy atom. The van der Waals surface area contributed by atoms with Gasteiger partial charge in [-0.05, 0) is 12.1 Å². The Morgan fingerprint density at radius 3 is 3.08 bits per heavy atom. The minimum atomic E-state index is -0.373. The molecular weight excluding hydrogens is 171 g/mol. The lowest BCUT2D eigenvalue weighted by molar-refractivity contribution is 0.100. The molecule has 0 saturated heterocycles. The van der Waals surface area contributed by atoms with Gasteiger partial charge in [-0.25, -0.2) is 9.37 Å². The third-order valence-electron chi connectivity index (χ3n) is 1.83. The number of imidazole rings is 1. The highest BCUT2D eigenvalue weighted by atomic mass is 19.1. The lowest BCUT2D eigenvalue weighted by Gasteiger charge is -1.96. The number of pyridine rings is 1. The van der Waals surface area contributed by atoms with E-state index in [9.17, 15) is 9.18 Å².